The number of rotatable bonds is 17. The third kappa shape index (κ3) is 10.9. The maximum Gasteiger partial charge on any atom is 0.255 e. The molecule has 2 amide bonds. The van der Waals surface area contributed by atoms with Crippen LogP contribution in [-0.4, -0.2) is 38.1 Å². The Hall–Kier alpha value is -2.06. The lowest BCUT2D eigenvalue weighted by Gasteiger charge is -2.12. The van der Waals surface area contributed by atoms with E-state index in [9.17, 15) is 9.59 Å². The highest BCUT2D eigenvalue weighted by Crippen LogP contribution is 2.24. The average Bonchev–Trinajstić information content (AvgIpc) is 2.87. The van der Waals surface area contributed by atoms with E-state index in [-0.39, 0.29) is 11.8 Å². The van der Waals surface area contributed by atoms with Crippen molar-refractivity contribution in [3.63, 3.8) is 0 Å². The Morgan fingerprint density at radius 3 is 1.44 bits per heavy atom. The number of carbonyl (C=O) groups is 2. The topological polar surface area (TPSA) is 76.7 Å². The minimum absolute atomic E-state index is 0.105. The Kier molecular flexibility index (Phi) is 14.6. The average molecular weight is 626 g/mol. The maximum atomic E-state index is 12.6. The van der Waals surface area contributed by atoms with Crippen LogP contribution in [0.25, 0.3) is 0 Å². The van der Waals surface area contributed by atoms with Gasteiger partial charge in [-0.15, -0.1) is 0 Å². The van der Waals surface area contributed by atoms with Gasteiger partial charge in [-0.1, -0.05) is 71.4 Å². The van der Waals surface area contributed by atoms with E-state index in [4.69, 9.17) is 9.47 Å². The molecule has 0 heterocycles. The molecule has 0 aromatic heterocycles. The first kappa shape index (κ1) is 30.2. The molecule has 0 saturated heterocycles. The number of hydrogen-bond acceptors (Lipinski definition) is 4. The normalized spacial score (nSPS) is 10.7. The van der Waals surface area contributed by atoms with Gasteiger partial charge in [0.15, 0.2) is 0 Å². The van der Waals surface area contributed by atoms with E-state index in [1.807, 2.05) is 38.1 Å². The zero-order chi connectivity index (χ0) is 26.2. The van der Waals surface area contributed by atoms with Crippen LogP contribution in [0.4, 0.5) is 0 Å². The van der Waals surface area contributed by atoms with Crippen molar-refractivity contribution in [3.05, 3.63) is 56.5 Å². The van der Waals surface area contributed by atoms with Crippen molar-refractivity contribution in [1.29, 1.82) is 0 Å². The summed E-state index contributed by atoms with van der Waals surface area (Å²) in [7, 11) is 0. The first-order chi connectivity index (χ1) is 17.5. The molecule has 36 heavy (non-hydrogen) atoms. The third-order valence-corrected chi connectivity index (χ3v) is 6.46. The molecule has 0 aliphatic heterocycles. The summed E-state index contributed by atoms with van der Waals surface area (Å²) in [5.41, 5.74) is 1.12. The SMILES string of the molecule is CCCOc1ccc(Br)cc1C(=O)NCCCCCCCCNC(=O)c1cc(Br)ccc1OCCC. The van der Waals surface area contributed by atoms with Gasteiger partial charge in [-0.2, -0.15) is 0 Å². The minimum Gasteiger partial charge on any atom is -0.493 e. The predicted octanol–water partition coefficient (Wildman–Crippen LogP) is 7.29. The van der Waals surface area contributed by atoms with Crippen LogP contribution >= 0.6 is 31.9 Å². The van der Waals surface area contributed by atoms with Gasteiger partial charge in [0, 0.05) is 22.0 Å². The highest BCUT2D eigenvalue weighted by Gasteiger charge is 2.14. The molecule has 2 aromatic rings. The molecule has 0 atom stereocenters. The molecule has 0 bridgehead atoms. The van der Waals surface area contributed by atoms with Gasteiger partial charge in [-0.05, 0) is 62.1 Å². The smallest absolute Gasteiger partial charge is 0.255 e. The van der Waals surface area contributed by atoms with E-state index in [1.165, 1.54) is 0 Å². The molecule has 0 spiro atoms. The molecule has 0 aliphatic carbocycles. The Morgan fingerprint density at radius 1 is 0.667 bits per heavy atom. The number of ether oxygens (including phenoxy) is 2. The predicted molar refractivity (Wildman–Crippen MR) is 152 cm³/mol. The number of amides is 2. The van der Waals surface area contributed by atoms with Crippen LogP contribution in [0.15, 0.2) is 45.3 Å². The van der Waals surface area contributed by atoms with Gasteiger partial charge >= 0.3 is 0 Å². The van der Waals surface area contributed by atoms with Crippen LogP contribution in [0.5, 0.6) is 11.5 Å². The quantitative estimate of drug-likeness (QED) is 0.181. The Morgan fingerprint density at radius 2 is 1.06 bits per heavy atom. The second-order valence-electron chi connectivity index (χ2n) is 8.61. The summed E-state index contributed by atoms with van der Waals surface area (Å²) >= 11 is 6.86. The number of carbonyl (C=O) groups excluding carboxylic acids is 2. The van der Waals surface area contributed by atoms with Gasteiger partial charge in [0.2, 0.25) is 0 Å². The second-order valence-corrected chi connectivity index (χ2v) is 10.4. The van der Waals surface area contributed by atoms with Crippen molar-refractivity contribution in [2.75, 3.05) is 26.3 Å². The Bertz CT molecular complexity index is 891. The Labute approximate surface area is 232 Å². The fourth-order valence-corrected chi connectivity index (χ4v) is 4.31. The first-order valence-electron chi connectivity index (χ1n) is 12.9. The fraction of sp³-hybridized carbons (Fsp3) is 0.500. The zero-order valence-corrected chi connectivity index (χ0v) is 24.5. The van der Waals surface area contributed by atoms with Crippen molar-refractivity contribution in [2.24, 2.45) is 0 Å². The molecule has 2 rings (SSSR count). The molecule has 6 nitrogen and oxygen atoms in total. The lowest BCUT2D eigenvalue weighted by Crippen LogP contribution is -2.25. The highest BCUT2D eigenvalue weighted by molar-refractivity contribution is 9.10. The molecule has 0 unspecified atom stereocenters. The monoisotopic (exact) mass is 624 g/mol. The molecular formula is C28H38Br2N2O4. The van der Waals surface area contributed by atoms with Crippen molar-refractivity contribution >= 4 is 43.7 Å². The van der Waals surface area contributed by atoms with Crippen molar-refractivity contribution in [1.82, 2.24) is 10.6 Å². The number of nitrogens with one attached hydrogen (secondary N) is 2. The molecular weight excluding hydrogens is 588 g/mol. The van der Waals surface area contributed by atoms with Crippen LogP contribution in [0.1, 0.15) is 85.9 Å². The van der Waals surface area contributed by atoms with Gasteiger partial charge in [0.25, 0.3) is 11.8 Å². The summed E-state index contributed by atoms with van der Waals surface area (Å²) in [6.45, 7) is 6.54. The summed E-state index contributed by atoms with van der Waals surface area (Å²) in [6, 6.07) is 11.0. The molecule has 0 saturated carbocycles. The molecule has 8 heteroatoms. The summed E-state index contributed by atoms with van der Waals surface area (Å²) in [5, 5.41) is 6.01. The molecule has 2 aromatic carbocycles. The van der Waals surface area contributed by atoms with Crippen LogP contribution < -0.4 is 20.1 Å². The van der Waals surface area contributed by atoms with Crippen LogP contribution in [-0.2, 0) is 0 Å². The summed E-state index contributed by atoms with van der Waals surface area (Å²) in [6.07, 6.45) is 7.97. The second kappa shape index (κ2) is 17.4. The maximum absolute atomic E-state index is 12.6. The lowest BCUT2D eigenvalue weighted by molar-refractivity contribution is 0.0939. The zero-order valence-electron chi connectivity index (χ0n) is 21.3. The molecule has 0 fully saturated rings. The first-order valence-corrected chi connectivity index (χ1v) is 14.5. The van der Waals surface area contributed by atoms with Crippen LogP contribution in [0.2, 0.25) is 0 Å². The standard InChI is InChI=1S/C28H38Br2N2O4/c1-3-17-35-25-13-11-21(29)19-23(25)27(33)31-15-9-7-5-6-8-10-16-32-28(34)24-20-22(30)12-14-26(24)36-18-4-2/h11-14,19-20H,3-10,15-18H2,1-2H3,(H,31,33)(H,32,34). The minimum atomic E-state index is -0.105. The number of benzene rings is 2. The largest absolute Gasteiger partial charge is 0.493 e. The molecule has 0 aliphatic rings. The van der Waals surface area contributed by atoms with Crippen LogP contribution in [0, 0.1) is 0 Å². The van der Waals surface area contributed by atoms with Crippen molar-refractivity contribution in [3.8, 4) is 11.5 Å². The van der Waals surface area contributed by atoms with Gasteiger partial charge < -0.3 is 20.1 Å². The van der Waals surface area contributed by atoms with Gasteiger partial charge in [-0.3, -0.25) is 9.59 Å². The van der Waals surface area contributed by atoms with Gasteiger partial charge in [0.1, 0.15) is 11.5 Å². The highest BCUT2D eigenvalue weighted by atomic mass is 79.9. The molecule has 2 N–H and O–H groups in total. The van der Waals surface area contributed by atoms with E-state index in [0.29, 0.717) is 48.9 Å². The summed E-state index contributed by atoms with van der Waals surface area (Å²) < 4.78 is 13.1. The fourth-order valence-electron chi connectivity index (χ4n) is 3.59. The van der Waals surface area contributed by atoms with Gasteiger partial charge in [0.05, 0.1) is 24.3 Å². The lowest BCUT2D eigenvalue weighted by atomic mass is 10.1. The molecule has 0 radical (unpaired) electrons. The van der Waals surface area contributed by atoms with E-state index >= 15 is 0 Å². The van der Waals surface area contributed by atoms with E-state index in [0.717, 1.165) is 60.3 Å². The summed E-state index contributed by atoms with van der Waals surface area (Å²) in [4.78, 5) is 25.2. The number of hydrogen-bond donors (Lipinski definition) is 2. The van der Waals surface area contributed by atoms with Gasteiger partial charge in [-0.25, -0.2) is 0 Å². The molecule has 198 valence electrons. The summed E-state index contributed by atoms with van der Waals surface area (Å²) in [5.74, 6) is 1.03. The number of halogens is 2. The van der Waals surface area contributed by atoms with E-state index in [2.05, 4.69) is 42.5 Å². The Balaban J connectivity index is 1.59. The van der Waals surface area contributed by atoms with Crippen LogP contribution in [0.3, 0.4) is 0 Å². The third-order valence-electron chi connectivity index (χ3n) is 5.47. The number of unbranched alkanes of at least 4 members (excludes halogenated alkanes) is 5. The van der Waals surface area contributed by atoms with E-state index < -0.39 is 0 Å². The van der Waals surface area contributed by atoms with Crippen molar-refractivity contribution in [2.45, 2.75) is 65.2 Å². The van der Waals surface area contributed by atoms with E-state index in [1.54, 1.807) is 12.1 Å². The van der Waals surface area contributed by atoms with Crippen molar-refractivity contribution < 1.29 is 19.1 Å².